The SMILES string of the molecule is CC1CCN(c2ccc(CCC(=O)O)o2)CC1. The number of anilines is 1. The highest BCUT2D eigenvalue weighted by Crippen LogP contribution is 2.25. The molecule has 2 heterocycles. The summed E-state index contributed by atoms with van der Waals surface area (Å²) in [6.45, 7) is 4.35. The number of piperidine rings is 1. The predicted molar refractivity (Wildman–Crippen MR) is 65.3 cm³/mol. The number of hydrogen-bond donors (Lipinski definition) is 1. The van der Waals surface area contributed by atoms with E-state index >= 15 is 0 Å². The number of hydrogen-bond acceptors (Lipinski definition) is 3. The lowest BCUT2D eigenvalue weighted by Crippen LogP contribution is -2.32. The topological polar surface area (TPSA) is 53.7 Å². The van der Waals surface area contributed by atoms with Gasteiger partial charge in [-0.1, -0.05) is 6.92 Å². The number of aryl methyl sites for hydroxylation is 1. The van der Waals surface area contributed by atoms with Crippen LogP contribution in [0.25, 0.3) is 0 Å². The van der Waals surface area contributed by atoms with E-state index < -0.39 is 5.97 Å². The van der Waals surface area contributed by atoms with Crippen molar-refractivity contribution < 1.29 is 14.3 Å². The van der Waals surface area contributed by atoms with Gasteiger partial charge in [0.15, 0.2) is 5.88 Å². The van der Waals surface area contributed by atoms with Gasteiger partial charge in [0.2, 0.25) is 0 Å². The van der Waals surface area contributed by atoms with Crippen LogP contribution in [0.1, 0.15) is 31.9 Å². The lowest BCUT2D eigenvalue weighted by molar-refractivity contribution is -0.137. The standard InChI is InChI=1S/C13H19NO3/c1-10-6-8-14(9-7-10)12-4-2-11(17-12)3-5-13(15)16/h2,4,10H,3,5-9H2,1H3,(H,15,16). The summed E-state index contributed by atoms with van der Waals surface area (Å²) < 4.78 is 5.67. The Balaban J connectivity index is 1.91. The Hall–Kier alpha value is -1.45. The highest BCUT2D eigenvalue weighted by Gasteiger charge is 2.18. The fraction of sp³-hybridized carbons (Fsp3) is 0.615. The van der Waals surface area contributed by atoms with Gasteiger partial charge in [-0.05, 0) is 24.8 Å². The molecule has 0 unspecified atom stereocenters. The van der Waals surface area contributed by atoms with E-state index in [0.717, 1.165) is 30.7 Å². The molecular formula is C13H19NO3. The summed E-state index contributed by atoms with van der Waals surface area (Å²) in [7, 11) is 0. The second-order valence-electron chi connectivity index (χ2n) is 4.80. The zero-order valence-electron chi connectivity index (χ0n) is 10.2. The van der Waals surface area contributed by atoms with E-state index in [1.54, 1.807) is 0 Å². The predicted octanol–water partition coefficient (Wildman–Crippen LogP) is 2.53. The van der Waals surface area contributed by atoms with Crippen molar-refractivity contribution in [2.24, 2.45) is 5.92 Å². The van der Waals surface area contributed by atoms with Crippen LogP contribution in [0.2, 0.25) is 0 Å². The lowest BCUT2D eigenvalue weighted by atomic mass is 9.99. The van der Waals surface area contributed by atoms with E-state index in [1.807, 2.05) is 12.1 Å². The average molecular weight is 237 g/mol. The van der Waals surface area contributed by atoms with Crippen molar-refractivity contribution in [1.29, 1.82) is 0 Å². The number of carbonyl (C=O) groups is 1. The maximum absolute atomic E-state index is 10.5. The molecule has 0 radical (unpaired) electrons. The first-order chi connectivity index (χ1) is 8.15. The zero-order chi connectivity index (χ0) is 12.3. The van der Waals surface area contributed by atoms with E-state index in [4.69, 9.17) is 9.52 Å². The summed E-state index contributed by atoms with van der Waals surface area (Å²) in [5.41, 5.74) is 0. The maximum Gasteiger partial charge on any atom is 0.303 e. The van der Waals surface area contributed by atoms with Crippen LogP contribution < -0.4 is 4.90 Å². The Morgan fingerprint density at radius 2 is 2.18 bits per heavy atom. The monoisotopic (exact) mass is 237 g/mol. The Kier molecular flexibility index (Phi) is 3.71. The van der Waals surface area contributed by atoms with E-state index in [0.29, 0.717) is 6.42 Å². The molecule has 1 aromatic heterocycles. The van der Waals surface area contributed by atoms with Gasteiger partial charge in [-0.25, -0.2) is 0 Å². The molecule has 1 fully saturated rings. The molecule has 1 N–H and O–H groups in total. The van der Waals surface area contributed by atoms with E-state index in [1.165, 1.54) is 12.8 Å². The van der Waals surface area contributed by atoms with Crippen LogP contribution in [0.3, 0.4) is 0 Å². The molecule has 4 nitrogen and oxygen atoms in total. The lowest BCUT2D eigenvalue weighted by Gasteiger charge is -2.29. The number of furan rings is 1. The van der Waals surface area contributed by atoms with Crippen molar-refractivity contribution in [2.75, 3.05) is 18.0 Å². The normalized spacial score (nSPS) is 17.4. The molecule has 1 aliphatic rings. The van der Waals surface area contributed by atoms with Crippen molar-refractivity contribution in [2.45, 2.75) is 32.6 Å². The van der Waals surface area contributed by atoms with Crippen LogP contribution in [0.15, 0.2) is 16.5 Å². The van der Waals surface area contributed by atoms with Gasteiger partial charge in [0.25, 0.3) is 0 Å². The van der Waals surface area contributed by atoms with Crippen LogP contribution >= 0.6 is 0 Å². The highest BCUT2D eigenvalue weighted by molar-refractivity contribution is 5.66. The molecule has 0 bridgehead atoms. The average Bonchev–Trinajstić information content (AvgIpc) is 2.76. The minimum absolute atomic E-state index is 0.129. The third kappa shape index (κ3) is 3.25. The summed E-state index contributed by atoms with van der Waals surface area (Å²) in [5.74, 6) is 1.67. The highest BCUT2D eigenvalue weighted by atomic mass is 16.4. The molecule has 0 saturated carbocycles. The molecule has 17 heavy (non-hydrogen) atoms. The smallest absolute Gasteiger partial charge is 0.303 e. The van der Waals surface area contributed by atoms with E-state index in [2.05, 4.69) is 11.8 Å². The van der Waals surface area contributed by atoms with Gasteiger partial charge in [-0.15, -0.1) is 0 Å². The molecule has 0 spiro atoms. The molecule has 2 rings (SSSR count). The molecule has 0 amide bonds. The second kappa shape index (κ2) is 5.25. The second-order valence-corrected chi connectivity index (χ2v) is 4.80. The molecule has 1 saturated heterocycles. The molecule has 1 aliphatic heterocycles. The first-order valence-corrected chi connectivity index (χ1v) is 6.20. The van der Waals surface area contributed by atoms with Gasteiger partial charge >= 0.3 is 5.97 Å². The van der Waals surface area contributed by atoms with Crippen molar-refractivity contribution in [3.8, 4) is 0 Å². The molecule has 1 aromatic rings. The van der Waals surface area contributed by atoms with Gasteiger partial charge < -0.3 is 14.4 Å². The van der Waals surface area contributed by atoms with Crippen molar-refractivity contribution in [3.63, 3.8) is 0 Å². The maximum atomic E-state index is 10.5. The summed E-state index contributed by atoms with van der Waals surface area (Å²) in [6, 6.07) is 3.84. The molecule has 94 valence electrons. The first-order valence-electron chi connectivity index (χ1n) is 6.20. The van der Waals surface area contributed by atoms with E-state index in [9.17, 15) is 4.79 Å². The summed E-state index contributed by atoms with van der Waals surface area (Å²) >= 11 is 0. The molecular weight excluding hydrogens is 218 g/mol. The third-order valence-electron chi connectivity index (χ3n) is 3.33. The van der Waals surface area contributed by atoms with Gasteiger partial charge in [-0.3, -0.25) is 4.79 Å². The van der Waals surface area contributed by atoms with Crippen molar-refractivity contribution >= 4 is 11.9 Å². The van der Waals surface area contributed by atoms with Gasteiger partial charge in [0.1, 0.15) is 5.76 Å². The fourth-order valence-corrected chi connectivity index (χ4v) is 2.13. The molecule has 4 heteroatoms. The zero-order valence-corrected chi connectivity index (χ0v) is 10.2. The minimum Gasteiger partial charge on any atom is -0.481 e. The number of rotatable bonds is 4. The van der Waals surface area contributed by atoms with Gasteiger partial charge in [0.05, 0.1) is 6.42 Å². The van der Waals surface area contributed by atoms with Crippen LogP contribution in [0, 0.1) is 5.92 Å². The Labute approximate surface area is 101 Å². The van der Waals surface area contributed by atoms with Crippen molar-refractivity contribution in [1.82, 2.24) is 0 Å². The number of carboxylic acid groups (broad SMARTS) is 1. The van der Waals surface area contributed by atoms with Crippen molar-refractivity contribution in [3.05, 3.63) is 17.9 Å². The quantitative estimate of drug-likeness (QED) is 0.874. The third-order valence-corrected chi connectivity index (χ3v) is 3.33. The Morgan fingerprint density at radius 3 is 2.82 bits per heavy atom. The Bertz CT molecular complexity index is 378. The summed E-state index contributed by atoms with van der Waals surface area (Å²) in [6.07, 6.45) is 3.00. The number of carboxylic acids is 1. The number of nitrogens with zero attached hydrogens (tertiary/aromatic N) is 1. The Morgan fingerprint density at radius 1 is 1.47 bits per heavy atom. The summed E-state index contributed by atoms with van der Waals surface area (Å²) in [4.78, 5) is 12.7. The van der Waals surface area contributed by atoms with Gasteiger partial charge in [-0.2, -0.15) is 0 Å². The molecule has 0 aliphatic carbocycles. The van der Waals surface area contributed by atoms with Crippen LogP contribution in [-0.2, 0) is 11.2 Å². The first kappa shape index (κ1) is 12.0. The largest absolute Gasteiger partial charge is 0.481 e. The summed E-state index contributed by atoms with van der Waals surface area (Å²) in [5, 5.41) is 8.61. The van der Waals surface area contributed by atoms with E-state index in [-0.39, 0.29) is 6.42 Å². The van der Waals surface area contributed by atoms with Crippen LogP contribution in [0.5, 0.6) is 0 Å². The molecule has 0 atom stereocenters. The molecule has 0 aromatic carbocycles. The van der Waals surface area contributed by atoms with Crippen LogP contribution in [-0.4, -0.2) is 24.2 Å². The number of aliphatic carboxylic acids is 1. The van der Waals surface area contributed by atoms with Crippen LogP contribution in [0.4, 0.5) is 5.88 Å². The fourth-order valence-electron chi connectivity index (χ4n) is 2.13. The minimum atomic E-state index is -0.783. The van der Waals surface area contributed by atoms with Gasteiger partial charge in [0, 0.05) is 25.6 Å².